The molecule has 13 heavy (non-hydrogen) atoms. The zero-order chi connectivity index (χ0) is 9.90. The summed E-state index contributed by atoms with van der Waals surface area (Å²) in [5.41, 5.74) is 0. The van der Waals surface area contributed by atoms with Crippen LogP contribution in [-0.2, 0) is 0 Å². The Labute approximate surface area is 74.1 Å². The Morgan fingerprint density at radius 3 is 2.38 bits per heavy atom. The lowest BCUT2D eigenvalue weighted by atomic mass is 10.3. The Hall–Kier alpha value is -1.19. The van der Waals surface area contributed by atoms with Crippen molar-refractivity contribution in [1.82, 2.24) is 0 Å². The number of hydrogen-bond donors (Lipinski definition) is 0. The van der Waals surface area contributed by atoms with Crippen LogP contribution in [0.25, 0.3) is 0 Å². The zero-order valence-corrected chi connectivity index (χ0v) is 6.93. The third-order valence-electron chi connectivity index (χ3n) is 1.40. The highest BCUT2D eigenvalue weighted by Gasteiger charge is 2.39. The van der Waals surface area contributed by atoms with Gasteiger partial charge in [0.25, 0.3) is 0 Å². The van der Waals surface area contributed by atoms with E-state index in [2.05, 4.69) is 10.8 Å². The van der Waals surface area contributed by atoms with Gasteiger partial charge in [0.2, 0.25) is 6.17 Å². The highest BCUT2D eigenvalue weighted by Crippen LogP contribution is 2.25. The van der Waals surface area contributed by atoms with Crippen LogP contribution in [0.4, 0.5) is 13.2 Å². The van der Waals surface area contributed by atoms with Crippen LogP contribution in [0.15, 0.2) is 24.3 Å². The van der Waals surface area contributed by atoms with Crippen molar-refractivity contribution in [2.24, 2.45) is 0 Å². The minimum atomic E-state index is -3.78. The topological polar surface area (TPSA) is 9.23 Å². The van der Waals surface area contributed by atoms with E-state index in [1.54, 1.807) is 0 Å². The fourth-order valence-corrected chi connectivity index (χ4v) is 0.678. The summed E-state index contributed by atoms with van der Waals surface area (Å²) in [5.74, 6) is -0.0757. The van der Waals surface area contributed by atoms with Crippen LogP contribution in [-0.4, -0.2) is 12.3 Å². The SMILES string of the molecule is CC(F)C(F)(F)Oc1cc[c]cc1. The lowest BCUT2D eigenvalue weighted by Crippen LogP contribution is -2.34. The van der Waals surface area contributed by atoms with Crippen molar-refractivity contribution in [3.8, 4) is 5.75 Å². The standard InChI is InChI=1S/C9H8F3O/c1-7(10)9(11,12)13-8-5-3-2-4-6-8/h3-7H,1H3. The first kappa shape index (κ1) is 9.89. The minimum Gasteiger partial charge on any atom is -0.430 e. The van der Waals surface area contributed by atoms with Crippen LogP contribution in [0.5, 0.6) is 5.75 Å². The molecule has 1 atom stereocenters. The summed E-state index contributed by atoms with van der Waals surface area (Å²) >= 11 is 0. The molecule has 0 bridgehead atoms. The molecule has 0 aliphatic rings. The van der Waals surface area contributed by atoms with Crippen LogP contribution >= 0.6 is 0 Å². The maximum atomic E-state index is 12.6. The van der Waals surface area contributed by atoms with E-state index in [4.69, 9.17) is 0 Å². The van der Waals surface area contributed by atoms with Crippen molar-refractivity contribution in [3.63, 3.8) is 0 Å². The third-order valence-corrected chi connectivity index (χ3v) is 1.40. The molecule has 0 heterocycles. The molecule has 0 aromatic heterocycles. The molecule has 1 aromatic rings. The van der Waals surface area contributed by atoms with E-state index < -0.39 is 12.3 Å². The minimum absolute atomic E-state index is 0.0757. The van der Waals surface area contributed by atoms with E-state index in [0.29, 0.717) is 0 Å². The molecule has 0 spiro atoms. The zero-order valence-electron chi connectivity index (χ0n) is 6.93. The average Bonchev–Trinajstić information content (AvgIpc) is 2.05. The van der Waals surface area contributed by atoms with Crippen LogP contribution < -0.4 is 4.74 Å². The molecule has 0 N–H and O–H groups in total. The van der Waals surface area contributed by atoms with Gasteiger partial charge in [0.1, 0.15) is 5.75 Å². The highest BCUT2D eigenvalue weighted by molar-refractivity contribution is 5.20. The monoisotopic (exact) mass is 189 g/mol. The quantitative estimate of drug-likeness (QED) is 0.710. The lowest BCUT2D eigenvalue weighted by molar-refractivity contribution is -0.215. The second-order valence-corrected chi connectivity index (χ2v) is 2.52. The van der Waals surface area contributed by atoms with Gasteiger partial charge in [-0.25, -0.2) is 4.39 Å². The molecule has 0 saturated heterocycles. The smallest absolute Gasteiger partial charge is 0.429 e. The molecule has 0 aliphatic heterocycles. The van der Waals surface area contributed by atoms with Gasteiger partial charge in [-0.15, -0.1) is 0 Å². The van der Waals surface area contributed by atoms with Crippen LogP contribution in [0.2, 0.25) is 0 Å². The number of hydrogen-bond acceptors (Lipinski definition) is 1. The second kappa shape index (κ2) is 3.68. The second-order valence-electron chi connectivity index (χ2n) is 2.52. The van der Waals surface area contributed by atoms with Gasteiger partial charge in [0, 0.05) is 0 Å². The molecule has 0 saturated carbocycles. The van der Waals surface area contributed by atoms with Gasteiger partial charge in [-0.2, -0.15) is 8.78 Å². The number of rotatable bonds is 3. The van der Waals surface area contributed by atoms with Gasteiger partial charge in [0.15, 0.2) is 0 Å². The molecular weight excluding hydrogens is 181 g/mol. The maximum Gasteiger partial charge on any atom is 0.429 e. The summed E-state index contributed by atoms with van der Waals surface area (Å²) in [6, 6.07) is 8.03. The fraction of sp³-hybridized carbons (Fsp3) is 0.333. The summed E-state index contributed by atoms with van der Waals surface area (Å²) in [5, 5.41) is 0. The van der Waals surface area contributed by atoms with E-state index in [1.807, 2.05) is 0 Å². The normalized spacial score (nSPS) is 13.8. The van der Waals surface area contributed by atoms with Crippen LogP contribution in [0.3, 0.4) is 0 Å². The maximum absolute atomic E-state index is 12.6. The van der Waals surface area contributed by atoms with Gasteiger partial charge in [-0.1, -0.05) is 12.1 Å². The van der Waals surface area contributed by atoms with Gasteiger partial charge in [0.05, 0.1) is 0 Å². The van der Waals surface area contributed by atoms with Gasteiger partial charge in [-0.3, -0.25) is 0 Å². The predicted octanol–water partition coefficient (Wildman–Crippen LogP) is 2.82. The molecule has 1 unspecified atom stereocenters. The Balaban J connectivity index is 2.69. The summed E-state index contributed by atoms with van der Waals surface area (Å²) in [7, 11) is 0. The molecule has 1 aromatic carbocycles. The number of ether oxygens (including phenoxy) is 1. The number of benzene rings is 1. The molecule has 71 valence electrons. The van der Waals surface area contributed by atoms with Gasteiger partial charge < -0.3 is 4.74 Å². The molecule has 4 heteroatoms. The molecule has 0 amide bonds. The molecule has 1 nitrogen and oxygen atoms in total. The third kappa shape index (κ3) is 2.65. The van der Waals surface area contributed by atoms with Crippen LogP contribution in [0.1, 0.15) is 6.92 Å². The van der Waals surface area contributed by atoms with Gasteiger partial charge in [-0.05, 0) is 25.1 Å². The van der Waals surface area contributed by atoms with E-state index in [0.717, 1.165) is 6.92 Å². The molecule has 0 fully saturated rings. The molecule has 1 radical (unpaired) electrons. The first-order valence-electron chi connectivity index (χ1n) is 3.69. The molecular formula is C9H8F3O. The average molecular weight is 189 g/mol. The van der Waals surface area contributed by atoms with E-state index in [9.17, 15) is 13.2 Å². The predicted molar refractivity (Wildman–Crippen MR) is 41.4 cm³/mol. The number of alkyl halides is 3. The van der Waals surface area contributed by atoms with E-state index in [-0.39, 0.29) is 5.75 Å². The first-order chi connectivity index (χ1) is 6.02. The lowest BCUT2D eigenvalue weighted by Gasteiger charge is -2.18. The van der Waals surface area contributed by atoms with E-state index >= 15 is 0 Å². The van der Waals surface area contributed by atoms with Crippen LogP contribution in [0, 0.1) is 6.07 Å². The Kier molecular flexibility index (Phi) is 2.80. The summed E-state index contributed by atoms with van der Waals surface area (Å²) in [6.45, 7) is 0.745. The molecule has 1 rings (SSSR count). The molecule has 0 aliphatic carbocycles. The van der Waals surface area contributed by atoms with Crippen molar-refractivity contribution in [3.05, 3.63) is 30.3 Å². The first-order valence-corrected chi connectivity index (χ1v) is 3.69. The van der Waals surface area contributed by atoms with Crippen molar-refractivity contribution >= 4 is 0 Å². The Morgan fingerprint density at radius 1 is 1.38 bits per heavy atom. The largest absolute Gasteiger partial charge is 0.430 e. The van der Waals surface area contributed by atoms with Crippen molar-refractivity contribution in [2.75, 3.05) is 0 Å². The van der Waals surface area contributed by atoms with Crippen molar-refractivity contribution in [2.45, 2.75) is 19.2 Å². The summed E-state index contributed by atoms with van der Waals surface area (Å²) < 4.78 is 41.7. The van der Waals surface area contributed by atoms with E-state index in [1.165, 1.54) is 24.3 Å². The van der Waals surface area contributed by atoms with Gasteiger partial charge >= 0.3 is 6.11 Å². The van der Waals surface area contributed by atoms with Crippen molar-refractivity contribution < 1.29 is 17.9 Å². The number of halogens is 3. The summed E-state index contributed by atoms with van der Waals surface area (Å²) in [4.78, 5) is 0. The fourth-order valence-electron chi connectivity index (χ4n) is 0.678. The summed E-state index contributed by atoms with van der Waals surface area (Å²) in [6.07, 6.45) is -6.11. The highest BCUT2D eigenvalue weighted by atomic mass is 19.3. The Morgan fingerprint density at radius 2 is 1.92 bits per heavy atom. The van der Waals surface area contributed by atoms with Crippen molar-refractivity contribution in [1.29, 1.82) is 0 Å². The Bertz CT molecular complexity index is 259.